The van der Waals surface area contributed by atoms with Crippen molar-refractivity contribution in [3.63, 3.8) is 0 Å². The van der Waals surface area contributed by atoms with Gasteiger partial charge in [0.1, 0.15) is 0 Å². The van der Waals surface area contributed by atoms with Gasteiger partial charge in [0.15, 0.2) is 0 Å². The number of fused-ring (bicyclic) bond motifs is 4. The van der Waals surface area contributed by atoms with Gasteiger partial charge in [-0.15, -0.1) is 0 Å². The molecule has 0 unspecified atom stereocenters. The average Bonchev–Trinajstić information content (AvgIpc) is 3.99. The Morgan fingerprint density at radius 2 is 0.513 bits per heavy atom. The molecular weight excluding hydrogens is 941 g/mol. The first-order valence-electron chi connectivity index (χ1n) is 26.8. The first-order valence-corrected chi connectivity index (χ1v) is 26.8. The Labute approximate surface area is 455 Å². The lowest BCUT2D eigenvalue weighted by Gasteiger charge is -2.26. The highest BCUT2D eigenvalue weighted by atomic mass is 15.1. The monoisotopic (exact) mass is 992 g/mol. The molecule has 0 saturated heterocycles. The molecule has 2 nitrogen and oxygen atoms in total. The third kappa shape index (κ3) is 8.92. The van der Waals surface area contributed by atoms with Crippen LogP contribution < -0.4 is 4.90 Å². The van der Waals surface area contributed by atoms with Gasteiger partial charge in [0.2, 0.25) is 0 Å². The number of hydrogen-bond acceptors (Lipinski definition) is 1. The molecule has 2 heteroatoms. The van der Waals surface area contributed by atoms with Crippen molar-refractivity contribution in [2.45, 2.75) is 0 Å². The van der Waals surface area contributed by atoms with Crippen molar-refractivity contribution >= 4 is 49.6 Å². The van der Waals surface area contributed by atoms with Gasteiger partial charge in [0.05, 0.1) is 11.0 Å². The Morgan fingerprint density at radius 3 is 1.03 bits per heavy atom. The summed E-state index contributed by atoms with van der Waals surface area (Å²) in [7, 11) is 0. The minimum absolute atomic E-state index is 1.08. The van der Waals surface area contributed by atoms with Crippen LogP contribution in [0.5, 0.6) is 0 Å². The van der Waals surface area contributed by atoms with Gasteiger partial charge >= 0.3 is 0 Å². The molecule has 0 saturated carbocycles. The number of nitrogens with zero attached hydrogens (tertiary/aromatic N) is 2. The number of anilines is 3. The molecule has 0 spiro atoms. The van der Waals surface area contributed by atoms with Gasteiger partial charge in [0, 0.05) is 33.5 Å². The molecule has 14 aromatic rings. The number of rotatable bonds is 11. The summed E-state index contributed by atoms with van der Waals surface area (Å²) in [5, 5.41) is 5.03. The Morgan fingerprint density at radius 1 is 0.192 bits per heavy atom. The van der Waals surface area contributed by atoms with Crippen molar-refractivity contribution in [3.05, 3.63) is 315 Å². The summed E-state index contributed by atoms with van der Waals surface area (Å²) >= 11 is 0. The molecule has 0 bridgehead atoms. The molecule has 0 N–H and O–H groups in total. The van der Waals surface area contributed by atoms with Crippen LogP contribution in [0.15, 0.2) is 315 Å². The summed E-state index contributed by atoms with van der Waals surface area (Å²) in [5.41, 5.74) is 23.4. The molecule has 0 fully saturated rings. The molecule has 1 aromatic heterocycles. The second-order valence-electron chi connectivity index (χ2n) is 20.1. The topological polar surface area (TPSA) is 8.17 Å². The highest BCUT2D eigenvalue weighted by Crippen LogP contribution is 2.41. The normalized spacial score (nSPS) is 11.3. The molecule has 0 aliphatic heterocycles. The number of hydrogen-bond donors (Lipinski definition) is 0. The standard InChI is InChI=1S/C76H52N2/c1-3-15-53(16-4-1)66-49-67(54-17-5-2-6-18-54)51-68(50-66)60-39-45-71(46-40-60)77(70-43-37-59(38-44-70)62-21-13-22-63(47-62)65-34-33-55-19-7-8-20-61(55)48-65)69-41-35-57(36-42-69)56-29-31-58(32-30-56)64-23-14-24-72(52-64)78-75-27-11-9-25-73(75)74-26-10-12-28-76(74)78/h1-52H. The molecule has 0 radical (unpaired) electrons. The zero-order chi connectivity index (χ0) is 51.8. The predicted octanol–water partition coefficient (Wildman–Crippen LogP) is 21.1. The van der Waals surface area contributed by atoms with Gasteiger partial charge < -0.3 is 9.47 Å². The summed E-state index contributed by atoms with van der Waals surface area (Å²) < 4.78 is 2.38. The Bertz CT molecular complexity index is 4330. The second kappa shape index (κ2) is 20.1. The maximum Gasteiger partial charge on any atom is 0.0541 e. The van der Waals surface area contributed by atoms with Gasteiger partial charge in [-0.05, 0) is 180 Å². The summed E-state index contributed by atoms with van der Waals surface area (Å²) in [5.74, 6) is 0. The van der Waals surface area contributed by atoms with E-state index in [2.05, 4.69) is 325 Å². The van der Waals surface area contributed by atoms with Crippen molar-refractivity contribution in [2.75, 3.05) is 4.90 Å². The van der Waals surface area contributed by atoms with E-state index in [0.29, 0.717) is 0 Å². The van der Waals surface area contributed by atoms with Crippen molar-refractivity contribution in [3.8, 4) is 83.6 Å². The van der Waals surface area contributed by atoms with Gasteiger partial charge in [0.25, 0.3) is 0 Å². The minimum Gasteiger partial charge on any atom is -0.311 e. The zero-order valence-corrected chi connectivity index (χ0v) is 42.9. The van der Waals surface area contributed by atoms with E-state index in [1.807, 2.05) is 0 Å². The summed E-state index contributed by atoms with van der Waals surface area (Å²) in [6, 6.07) is 115. The summed E-state index contributed by atoms with van der Waals surface area (Å²) in [4.78, 5) is 2.37. The van der Waals surface area contributed by atoms with E-state index >= 15 is 0 Å². The smallest absolute Gasteiger partial charge is 0.0541 e. The average molecular weight is 993 g/mol. The molecule has 0 aliphatic rings. The molecule has 1 heterocycles. The minimum atomic E-state index is 1.08. The SMILES string of the molecule is c1ccc(-c2cc(-c3ccccc3)cc(-c3ccc(N(c4ccc(-c5ccc(-c6cccc(-n7c8ccccc8c8ccccc87)c6)cc5)cc4)c4ccc(-c5cccc(-c6ccc7ccccc7c6)c5)cc4)cc3)c2)cc1. The maximum atomic E-state index is 2.38. The van der Waals surface area contributed by atoms with Crippen LogP contribution in [0.25, 0.3) is 116 Å². The fourth-order valence-electron chi connectivity index (χ4n) is 11.4. The number of benzene rings is 13. The Hall–Kier alpha value is -10.3. The third-order valence-electron chi connectivity index (χ3n) is 15.4. The first-order chi connectivity index (χ1) is 38.6. The van der Waals surface area contributed by atoms with Crippen LogP contribution in [-0.4, -0.2) is 4.57 Å². The molecule has 366 valence electrons. The van der Waals surface area contributed by atoms with E-state index in [1.54, 1.807) is 0 Å². The van der Waals surface area contributed by atoms with Gasteiger partial charge in [-0.2, -0.15) is 0 Å². The van der Waals surface area contributed by atoms with Crippen LogP contribution in [0.4, 0.5) is 17.1 Å². The molecular formula is C76H52N2. The lowest BCUT2D eigenvalue weighted by molar-refractivity contribution is 1.18. The van der Waals surface area contributed by atoms with E-state index < -0.39 is 0 Å². The lowest BCUT2D eigenvalue weighted by Crippen LogP contribution is -2.09. The summed E-state index contributed by atoms with van der Waals surface area (Å²) in [6.07, 6.45) is 0. The lowest BCUT2D eigenvalue weighted by atomic mass is 9.93. The quantitative estimate of drug-likeness (QED) is 0.125. The van der Waals surface area contributed by atoms with Crippen molar-refractivity contribution in [1.29, 1.82) is 0 Å². The first kappa shape index (κ1) is 46.3. The molecule has 78 heavy (non-hydrogen) atoms. The van der Waals surface area contributed by atoms with Crippen LogP contribution in [-0.2, 0) is 0 Å². The van der Waals surface area contributed by atoms with Gasteiger partial charge in [-0.3, -0.25) is 0 Å². The van der Waals surface area contributed by atoms with Gasteiger partial charge in [-0.1, -0.05) is 224 Å². The fraction of sp³-hybridized carbons (Fsp3) is 0. The highest BCUT2D eigenvalue weighted by Gasteiger charge is 2.17. The van der Waals surface area contributed by atoms with Crippen molar-refractivity contribution in [1.82, 2.24) is 4.57 Å². The van der Waals surface area contributed by atoms with Gasteiger partial charge in [-0.25, -0.2) is 0 Å². The number of aromatic nitrogens is 1. The zero-order valence-electron chi connectivity index (χ0n) is 42.9. The van der Waals surface area contributed by atoms with E-state index in [1.165, 1.54) is 99.3 Å². The van der Waals surface area contributed by atoms with Crippen LogP contribution in [0.1, 0.15) is 0 Å². The van der Waals surface area contributed by atoms with E-state index in [0.717, 1.165) is 33.9 Å². The molecule has 0 aliphatic carbocycles. The highest BCUT2D eigenvalue weighted by molar-refractivity contribution is 6.09. The van der Waals surface area contributed by atoms with E-state index in [-0.39, 0.29) is 0 Å². The molecule has 14 rings (SSSR count). The largest absolute Gasteiger partial charge is 0.311 e. The third-order valence-corrected chi connectivity index (χ3v) is 15.4. The van der Waals surface area contributed by atoms with Crippen LogP contribution >= 0.6 is 0 Å². The van der Waals surface area contributed by atoms with Crippen LogP contribution in [0.2, 0.25) is 0 Å². The van der Waals surface area contributed by atoms with Crippen LogP contribution in [0.3, 0.4) is 0 Å². The fourth-order valence-corrected chi connectivity index (χ4v) is 11.4. The van der Waals surface area contributed by atoms with Crippen molar-refractivity contribution in [2.24, 2.45) is 0 Å². The Balaban J connectivity index is 0.792. The van der Waals surface area contributed by atoms with E-state index in [9.17, 15) is 0 Å². The predicted molar refractivity (Wildman–Crippen MR) is 331 cm³/mol. The van der Waals surface area contributed by atoms with Crippen LogP contribution in [0, 0.1) is 0 Å². The second-order valence-corrected chi connectivity index (χ2v) is 20.1. The Kier molecular flexibility index (Phi) is 11.9. The molecule has 13 aromatic carbocycles. The van der Waals surface area contributed by atoms with Crippen molar-refractivity contribution < 1.29 is 0 Å². The number of para-hydroxylation sites is 2. The maximum absolute atomic E-state index is 2.38. The molecule has 0 amide bonds. The molecule has 0 atom stereocenters. The van der Waals surface area contributed by atoms with E-state index in [4.69, 9.17) is 0 Å². The summed E-state index contributed by atoms with van der Waals surface area (Å²) in [6.45, 7) is 0.